The SMILES string of the molecule is Cc1cccc(OC2CC3CCC(C2)N3S(=O)(=O)c2c(C)n[nH]c2C)c1. The summed E-state index contributed by atoms with van der Waals surface area (Å²) in [4.78, 5) is 0.340. The Labute approximate surface area is 154 Å². The summed E-state index contributed by atoms with van der Waals surface area (Å²) in [6.45, 7) is 5.55. The molecule has 1 aromatic carbocycles. The number of nitrogens with zero attached hydrogens (tertiary/aromatic N) is 2. The van der Waals surface area contributed by atoms with E-state index in [1.807, 2.05) is 31.2 Å². The second-order valence-electron chi connectivity index (χ2n) is 7.51. The predicted molar refractivity (Wildman–Crippen MR) is 98.7 cm³/mol. The zero-order valence-electron chi connectivity index (χ0n) is 15.4. The van der Waals surface area contributed by atoms with Crippen molar-refractivity contribution in [1.29, 1.82) is 0 Å². The van der Waals surface area contributed by atoms with Crippen LogP contribution in [0.3, 0.4) is 0 Å². The Morgan fingerprint density at radius 1 is 1.15 bits per heavy atom. The molecule has 0 amide bonds. The van der Waals surface area contributed by atoms with Gasteiger partial charge in [-0.1, -0.05) is 12.1 Å². The van der Waals surface area contributed by atoms with E-state index in [0.29, 0.717) is 16.3 Å². The Balaban J connectivity index is 1.56. The summed E-state index contributed by atoms with van der Waals surface area (Å²) in [6, 6.07) is 8.04. The van der Waals surface area contributed by atoms with E-state index in [9.17, 15) is 8.42 Å². The van der Waals surface area contributed by atoms with Crippen molar-refractivity contribution in [3.05, 3.63) is 41.2 Å². The number of aromatic amines is 1. The first-order valence-corrected chi connectivity index (χ1v) is 10.6. The van der Waals surface area contributed by atoms with Crippen molar-refractivity contribution >= 4 is 10.0 Å². The van der Waals surface area contributed by atoms with Crippen LogP contribution in [0.4, 0.5) is 0 Å². The van der Waals surface area contributed by atoms with E-state index in [-0.39, 0.29) is 18.2 Å². The van der Waals surface area contributed by atoms with Crippen molar-refractivity contribution in [3.8, 4) is 5.75 Å². The highest BCUT2D eigenvalue weighted by Crippen LogP contribution is 2.41. The molecule has 4 rings (SSSR count). The number of H-pyrrole nitrogens is 1. The molecule has 0 aliphatic carbocycles. The highest BCUT2D eigenvalue weighted by Gasteiger charge is 2.48. The first-order chi connectivity index (χ1) is 12.4. The van der Waals surface area contributed by atoms with Gasteiger partial charge in [-0.15, -0.1) is 0 Å². The number of rotatable bonds is 4. The monoisotopic (exact) mass is 375 g/mol. The molecule has 0 spiro atoms. The minimum Gasteiger partial charge on any atom is -0.490 e. The molecule has 2 atom stereocenters. The zero-order valence-corrected chi connectivity index (χ0v) is 16.2. The lowest BCUT2D eigenvalue weighted by Crippen LogP contribution is -2.49. The van der Waals surface area contributed by atoms with Crippen LogP contribution in [0.5, 0.6) is 5.75 Å². The third kappa shape index (κ3) is 2.93. The quantitative estimate of drug-likeness (QED) is 0.891. The second-order valence-corrected chi connectivity index (χ2v) is 9.29. The van der Waals surface area contributed by atoms with Crippen molar-refractivity contribution < 1.29 is 13.2 Å². The standard InChI is InChI=1S/C19H25N3O3S/c1-12-5-4-6-17(9-12)25-18-10-15-7-8-16(11-18)22(15)26(23,24)19-13(2)20-21-14(19)3/h4-6,9,15-16,18H,7-8,10-11H2,1-3H3,(H,20,21). The van der Waals surface area contributed by atoms with Crippen molar-refractivity contribution in [2.24, 2.45) is 0 Å². The average molecular weight is 375 g/mol. The third-order valence-corrected chi connectivity index (χ3v) is 7.78. The van der Waals surface area contributed by atoms with Gasteiger partial charge in [0, 0.05) is 24.9 Å². The molecule has 2 aliphatic rings. The van der Waals surface area contributed by atoms with Gasteiger partial charge >= 0.3 is 0 Å². The molecule has 7 heteroatoms. The molecule has 26 heavy (non-hydrogen) atoms. The number of aryl methyl sites for hydroxylation is 3. The fourth-order valence-electron chi connectivity index (χ4n) is 4.48. The van der Waals surface area contributed by atoms with E-state index in [1.165, 1.54) is 0 Å². The van der Waals surface area contributed by atoms with Gasteiger partial charge in [-0.2, -0.15) is 9.40 Å². The van der Waals surface area contributed by atoms with Crippen LogP contribution in [0.2, 0.25) is 0 Å². The summed E-state index contributed by atoms with van der Waals surface area (Å²) in [5.74, 6) is 0.868. The zero-order chi connectivity index (χ0) is 18.5. The Morgan fingerprint density at radius 2 is 1.85 bits per heavy atom. The number of hydrogen-bond donors (Lipinski definition) is 1. The number of aromatic nitrogens is 2. The highest BCUT2D eigenvalue weighted by molar-refractivity contribution is 7.89. The van der Waals surface area contributed by atoms with Crippen molar-refractivity contribution in [3.63, 3.8) is 0 Å². The van der Waals surface area contributed by atoms with E-state index >= 15 is 0 Å². The number of ether oxygens (including phenoxy) is 1. The maximum absolute atomic E-state index is 13.3. The van der Waals surface area contributed by atoms with Crippen LogP contribution in [0, 0.1) is 20.8 Å². The van der Waals surface area contributed by atoms with Gasteiger partial charge in [-0.05, 0) is 51.3 Å². The van der Waals surface area contributed by atoms with Crippen LogP contribution in [0.1, 0.15) is 42.6 Å². The molecule has 2 fully saturated rings. The van der Waals surface area contributed by atoms with Crippen LogP contribution >= 0.6 is 0 Å². The smallest absolute Gasteiger partial charge is 0.247 e. The number of sulfonamides is 1. The van der Waals surface area contributed by atoms with Crippen molar-refractivity contribution in [2.75, 3.05) is 0 Å². The first-order valence-electron chi connectivity index (χ1n) is 9.14. The summed E-state index contributed by atoms with van der Waals surface area (Å²) in [5.41, 5.74) is 2.32. The third-order valence-electron chi connectivity index (χ3n) is 5.51. The average Bonchev–Trinajstić information content (AvgIpc) is 3.05. The van der Waals surface area contributed by atoms with E-state index in [2.05, 4.69) is 10.2 Å². The first kappa shape index (κ1) is 17.5. The van der Waals surface area contributed by atoms with Gasteiger partial charge in [0.2, 0.25) is 10.0 Å². The molecule has 0 saturated carbocycles. The molecule has 2 aromatic rings. The van der Waals surface area contributed by atoms with E-state index in [0.717, 1.165) is 37.0 Å². The lowest BCUT2D eigenvalue weighted by atomic mass is 10.0. The molecular formula is C19H25N3O3S. The van der Waals surface area contributed by atoms with Gasteiger partial charge in [0.15, 0.2) is 0 Å². The van der Waals surface area contributed by atoms with E-state index in [1.54, 1.807) is 18.2 Å². The lowest BCUT2D eigenvalue weighted by Gasteiger charge is -2.37. The van der Waals surface area contributed by atoms with Crippen molar-refractivity contribution in [2.45, 2.75) is 69.5 Å². The molecule has 1 aromatic heterocycles. The van der Waals surface area contributed by atoms with Gasteiger partial charge < -0.3 is 4.74 Å². The summed E-state index contributed by atoms with van der Waals surface area (Å²) in [7, 11) is -3.53. The lowest BCUT2D eigenvalue weighted by molar-refractivity contribution is 0.0956. The minimum absolute atomic E-state index is 0.00209. The van der Waals surface area contributed by atoms with Gasteiger partial charge in [-0.25, -0.2) is 8.42 Å². The number of fused-ring (bicyclic) bond motifs is 2. The molecule has 2 bridgehead atoms. The van der Waals surface area contributed by atoms with Gasteiger partial charge in [0.25, 0.3) is 0 Å². The van der Waals surface area contributed by atoms with Crippen LogP contribution in [-0.4, -0.2) is 41.1 Å². The maximum Gasteiger partial charge on any atom is 0.247 e. The van der Waals surface area contributed by atoms with Crippen molar-refractivity contribution in [1.82, 2.24) is 14.5 Å². The molecule has 6 nitrogen and oxygen atoms in total. The number of nitrogens with one attached hydrogen (secondary N) is 1. The van der Waals surface area contributed by atoms with Gasteiger partial charge in [0.1, 0.15) is 16.7 Å². The molecule has 0 radical (unpaired) electrons. The Morgan fingerprint density at radius 3 is 2.42 bits per heavy atom. The molecule has 1 N–H and O–H groups in total. The number of hydrogen-bond acceptors (Lipinski definition) is 4. The Kier molecular flexibility index (Phi) is 4.31. The molecule has 3 heterocycles. The molecule has 2 unspecified atom stereocenters. The molecule has 140 valence electrons. The Bertz CT molecular complexity index is 888. The topological polar surface area (TPSA) is 75.3 Å². The fraction of sp³-hybridized carbons (Fsp3) is 0.526. The fourth-order valence-corrected chi connectivity index (χ4v) is 6.71. The maximum atomic E-state index is 13.3. The summed E-state index contributed by atoms with van der Waals surface area (Å²) in [5, 5.41) is 6.87. The van der Waals surface area contributed by atoms with Gasteiger partial charge in [0.05, 0.1) is 11.4 Å². The Hall–Kier alpha value is -1.86. The number of piperidine rings is 1. The molecular weight excluding hydrogens is 350 g/mol. The van der Waals surface area contributed by atoms with E-state index in [4.69, 9.17) is 4.74 Å². The van der Waals surface area contributed by atoms with Crippen LogP contribution in [0.15, 0.2) is 29.2 Å². The normalized spacial score (nSPS) is 26.2. The van der Waals surface area contributed by atoms with Gasteiger partial charge in [-0.3, -0.25) is 5.10 Å². The van der Waals surface area contributed by atoms with Crippen LogP contribution in [0.25, 0.3) is 0 Å². The van der Waals surface area contributed by atoms with Crippen LogP contribution in [-0.2, 0) is 10.0 Å². The summed E-state index contributed by atoms with van der Waals surface area (Å²) >= 11 is 0. The summed E-state index contributed by atoms with van der Waals surface area (Å²) in [6.07, 6.45) is 3.33. The molecule has 2 saturated heterocycles. The highest BCUT2D eigenvalue weighted by atomic mass is 32.2. The van der Waals surface area contributed by atoms with Crippen LogP contribution < -0.4 is 4.74 Å². The predicted octanol–water partition coefficient (Wildman–Crippen LogP) is 3.10. The molecule has 2 aliphatic heterocycles. The largest absolute Gasteiger partial charge is 0.490 e. The number of benzene rings is 1. The second kappa shape index (κ2) is 6.39. The van der Waals surface area contributed by atoms with E-state index < -0.39 is 10.0 Å². The summed E-state index contributed by atoms with van der Waals surface area (Å²) < 4.78 is 34.5. The minimum atomic E-state index is -3.53.